The number of aromatic amines is 1. The summed E-state index contributed by atoms with van der Waals surface area (Å²) < 4.78 is 14.9. The molecule has 0 fully saturated rings. The van der Waals surface area contributed by atoms with Crippen molar-refractivity contribution in [3.8, 4) is 23.3 Å². The number of nitrogens with two attached hydrogens (primary N) is 1. The van der Waals surface area contributed by atoms with Crippen LogP contribution in [0.1, 0.15) is 37.5 Å². The first kappa shape index (κ1) is 17.7. The molecule has 0 bridgehead atoms. The Kier molecular flexibility index (Phi) is 4.50. The summed E-state index contributed by atoms with van der Waals surface area (Å²) in [5, 5.41) is 18.7. The highest BCUT2D eigenvalue weighted by molar-refractivity contribution is 9.10. The second-order valence-electron chi connectivity index (χ2n) is 6.29. The van der Waals surface area contributed by atoms with E-state index >= 15 is 0 Å². The van der Waals surface area contributed by atoms with Crippen LogP contribution >= 0.6 is 15.9 Å². The third-order valence-corrected chi connectivity index (χ3v) is 4.21. The van der Waals surface area contributed by atoms with E-state index in [1.807, 2.05) is 26.8 Å². The summed E-state index contributed by atoms with van der Waals surface area (Å²) in [5.41, 5.74) is 4.80. The van der Waals surface area contributed by atoms with E-state index in [2.05, 4.69) is 20.9 Å². The quantitative estimate of drug-likeness (QED) is 0.778. The number of benzene rings is 1. The van der Waals surface area contributed by atoms with E-state index in [0.717, 1.165) is 5.56 Å². The molecule has 2 rings (SSSR count). The van der Waals surface area contributed by atoms with Gasteiger partial charge < -0.3 is 10.7 Å². The Labute approximate surface area is 146 Å². The van der Waals surface area contributed by atoms with Gasteiger partial charge in [-0.05, 0) is 39.0 Å². The average Bonchev–Trinajstić information content (AvgIpc) is 2.48. The van der Waals surface area contributed by atoms with Crippen LogP contribution in [0.2, 0.25) is 0 Å². The average molecular weight is 389 g/mol. The lowest BCUT2D eigenvalue weighted by Gasteiger charge is -2.21. The number of halogens is 2. The van der Waals surface area contributed by atoms with Gasteiger partial charge in [-0.2, -0.15) is 10.5 Å². The smallest absolute Gasteiger partial charge is 0.268 e. The van der Waals surface area contributed by atoms with Crippen molar-refractivity contribution >= 4 is 21.7 Å². The Bertz CT molecular complexity index is 975. The van der Waals surface area contributed by atoms with Crippen LogP contribution in [-0.4, -0.2) is 4.98 Å². The summed E-state index contributed by atoms with van der Waals surface area (Å²) >= 11 is 3.16. The topological polar surface area (TPSA) is 106 Å². The maximum Gasteiger partial charge on any atom is 0.268 e. The maximum atomic E-state index is 14.7. The first-order chi connectivity index (χ1) is 11.1. The number of nitriles is 2. The number of anilines is 1. The number of H-pyrrole nitrogens is 1. The molecule has 122 valence electrons. The van der Waals surface area contributed by atoms with Crippen molar-refractivity contribution in [3.05, 3.63) is 49.5 Å². The number of hydrogen-bond acceptors (Lipinski definition) is 4. The number of pyridine rings is 1. The van der Waals surface area contributed by atoms with Crippen molar-refractivity contribution in [3.63, 3.8) is 0 Å². The van der Waals surface area contributed by atoms with Crippen molar-refractivity contribution in [2.24, 2.45) is 0 Å². The van der Waals surface area contributed by atoms with Gasteiger partial charge in [-0.25, -0.2) is 4.39 Å². The number of nitrogens with zero attached hydrogens (tertiary/aromatic N) is 2. The molecule has 0 aliphatic carbocycles. The standard InChI is InChI=1S/C17H14BrFN4O/c1-17(2,3)8-4-9(14(19)12(18)5-8)13-10(6-20)15(22)23-16(24)11(13)7-21/h4-5H,1-3H3,(H3,22,23,24). The summed E-state index contributed by atoms with van der Waals surface area (Å²) in [6.07, 6.45) is 0. The van der Waals surface area contributed by atoms with Crippen LogP contribution < -0.4 is 11.3 Å². The van der Waals surface area contributed by atoms with Gasteiger partial charge >= 0.3 is 0 Å². The zero-order valence-corrected chi connectivity index (χ0v) is 14.9. The van der Waals surface area contributed by atoms with Crippen LogP contribution in [0.5, 0.6) is 0 Å². The van der Waals surface area contributed by atoms with Gasteiger partial charge in [-0.15, -0.1) is 0 Å². The zero-order valence-electron chi connectivity index (χ0n) is 13.3. The van der Waals surface area contributed by atoms with Crippen LogP contribution in [0.3, 0.4) is 0 Å². The number of nitrogen functional groups attached to an aromatic ring is 1. The van der Waals surface area contributed by atoms with Crippen molar-refractivity contribution in [1.29, 1.82) is 10.5 Å². The van der Waals surface area contributed by atoms with E-state index in [1.165, 1.54) is 6.07 Å². The van der Waals surface area contributed by atoms with Gasteiger partial charge in [0.25, 0.3) is 5.56 Å². The summed E-state index contributed by atoms with van der Waals surface area (Å²) in [7, 11) is 0. The van der Waals surface area contributed by atoms with E-state index < -0.39 is 11.4 Å². The molecule has 1 heterocycles. The Balaban J connectivity index is 3.03. The third-order valence-electron chi connectivity index (χ3n) is 3.63. The number of nitrogens with one attached hydrogen (secondary N) is 1. The molecule has 1 aromatic carbocycles. The number of rotatable bonds is 1. The van der Waals surface area contributed by atoms with Crippen LogP contribution in [0, 0.1) is 28.5 Å². The van der Waals surface area contributed by atoms with Gasteiger partial charge in [0, 0.05) is 11.1 Å². The Morgan fingerprint density at radius 1 is 1.21 bits per heavy atom. The Hall–Kier alpha value is -2.64. The molecule has 5 nitrogen and oxygen atoms in total. The molecule has 0 unspecified atom stereocenters. The van der Waals surface area contributed by atoms with E-state index in [-0.39, 0.29) is 38.0 Å². The molecule has 7 heteroatoms. The summed E-state index contributed by atoms with van der Waals surface area (Å²) in [5.74, 6) is -0.866. The predicted octanol–water partition coefficient (Wildman–Crippen LogP) is 3.57. The van der Waals surface area contributed by atoms with E-state index in [0.29, 0.717) is 0 Å². The third kappa shape index (κ3) is 2.91. The fraction of sp³-hybridized carbons (Fsp3) is 0.235. The first-order valence-electron chi connectivity index (χ1n) is 6.97. The van der Waals surface area contributed by atoms with Crippen molar-refractivity contribution in [2.45, 2.75) is 26.2 Å². The zero-order chi connectivity index (χ0) is 18.2. The molecule has 0 spiro atoms. The fourth-order valence-corrected chi connectivity index (χ4v) is 2.78. The van der Waals surface area contributed by atoms with E-state index in [4.69, 9.17) is 5.73 Å². The molecule has 0 radical (unpaired) electrons. The predicted molar refractivity (Wildman–Crippen MR) is 92.7 cm³/mol. The number of hydrogen-bond donors (Lipinski definition) is 2. The molecule has 0 aliphatic rings. The highest BCUT2D eigenvalue weighted by Crippen LogP contribution is 2.37. The molecule has 3 N–H and O–H groups in total. The molecular weight excluding hydrogens is 375 g/mol. The van der Waals surface area contributed by atoms with Gasteiger partial charge in [0.05, 0.1) is 4.47 Å². The van der Waals surface area contributed by atoms with Crippen LogP contribution in [0.15, 0.2) is 21.4 Å². The molecular formula is C17H14BrFN4O. The van der Waals surface area contributed by atoms with Crippen LogP contribution in [-0.2, 0) is 5.41 Å². The second kappa shape index (κ2) is 6.10. The van der Waals surface area contributed by atoms with Gasteiger partial charge in [-0.1, -0.05) is 20.8 Å². The summed E-state index contributed by atoms with van der Waals surface area (Å²) in [6.45, 7) is 5.83. The van der Waals surface area contributed by atoms with Gasteiger partial charge in [-0.3, -0.25) is 4.79 Å². The Morgan fingerprint density at radius 2 is 1.79 bits per heavy atom. The molecule has 0 saturated carbocycles. The van der Waals surface area contributed by atoms with Gasteiger partial charge in [0.1, 0.15) is 34.9 Å². The highest BCUT2D eigenvalue weighted by atomic mass is 79.9. The summed E-state index contributed by atoms with van der Waals surface area (Å²) in [6, 6.07) is 6.75. The summed E-state index contributed by atoms with van der Waals surface area (Å²) in [4.78, 5) is 14.3. The first-order valence-corrected chi connectivity index (χ1v) is 7.77. The van der Waals surface area contributed by atoms with Crippen LogP contribution in [0.25, 0.3) is 11.1 Å². The molecule has 2 aromatic rings. The molecule has 0 saturated heterocycles. The minimum absolute atomic E-state index is 0.0137. The molecule has 0 aliphatic heterocycles. The highest BCUT2D eigenvalue weighted by Gasteiger charge is 2.25. The van der Waals surface area contributed by atoms with Crippen molar-refractivity contribution in [1.82, 2.24) is 4.98 Å². The normalized spacial score (nSPS) is 11.0. The van der Waals surface area contributed by atoms with Crippen LogP contribution in [0.4, 0.5) is 10.2 Å². The lowest BCUT2D eigenvalue weighted by Crippen LogP contribution is -2.17. The van der Waals surface area contributed by atoms with Crippen molar-refractivity contribution in [2.75, 3.05) is 5.73 Å². The van der Waals surface area contributed by atoms with Gasteiger partial charge in [0.2, 0.25) is 0 Å². The molecule has 0 amide bonds. The molecule has 24 heavy (non-hydrogen) atoms. The largest absolute Gasteiger partial charge is 0.384 e. The van der Waals surface area contributed by atoms with E-state index in [1.54, 1.807) is 12.1 Å². The number of aromatic nitrogens is 1. The lowest BCUT2D eigenvalue weighted by molar-refractivity contribution is 0.581. The van der Waals surface area contributed by atoms with Gasteiger partial charge in [0.15, 0.2) is 0 Å². The minimum Gasteiger partial charge on any atom is -0.384 e. The SMILES string of the molecule is CC(C)(C)c1cc(Br)c(F)c(-c2c(C#N)c(N)[nH]c(=O)c2C#N)c1. The molecule has 0 atom stereocenters. The fourth-order valence-electron chi connectivity index (χ4n) is 2.32. The molecule has 1 aromatic heterocycles. The van der Waals surface area contributed by atoms with E-state index in [9.17, 15) is 19.7 Å². The Morgan fingerprint density at radius 3 is 2.29 bits per heavy atom. The second-order valence-corrected chi connectivity index (χ2v) is 7.14. The lowest BCUT2D eigenvalue weighted by atomic mass is 9.84. The van der Waals surface area contributed by atoms with Crippen molar-refractivity contribution < 1.29 is 4.39 Å². The minimum atomic E-state index is -0.763. The maximum absolute atomic E-state index is 14.7. The monoisotopic (exact) mass is 388 g/mol.